The van der Waals surface area contributed by atoms with E-state index < -0.39 is 0 Å². The maximum atomic E-state index is 8.60. The van der Waals surface area contributed by atoms with Crippen LogP contribution in [-0.4, -0.2) is 11.7 Å². The molecule has 1 aliphatic carbocycles. The summed E-state index contributed by atoms with van der Waals surface area (Å²) in [4.78, 5) is 0. The second-order valence-corrected chi connectivity index (χ2v) is 6.14. The van der Waals surface area contributed by atoms with Gasteiger partial charge in [-0.25, -0.2) is 0 Å². The smallest absolute Gasteiger partial charge is 0.0431 e. The Labute approximate surface area is 122 Å². The van der Waals surface area contributed by atoms with Crippen LogP contribution >= 0.6 is 0 Å². The van der Waals surface area contributed by atoms with Crippen molar-refractivity contribution in [2.45, 2.75) is 104 Å². The van der Waals surface area contributed by atoms with Gasteiger partial charge in [-0.3, -0.25) is 0 Å². The lowest BCUT2D eigenvalue weighted by Crippen LogP contribution is -2.05. The van der Waals surface area contributed by atoms with Gasteiger partial charge < -0.3 is 5.11 Å². The molecule has 0 bridgehead atoms. The van der Waals surface area contributed by atoms with E-state index in [1.54, 1.807) is 0 Å². The molecule has 1 heteroatoms. The molecule has 0 spiro atoms. The van der Waals surface area contributed by atoms with Crippen LogP contribution < -0.4 is 0 Å². The molecule has 0 aromatic heterocycles. The topological polar surface area (TPSA) is 20.2 Å². The van der Waals surface area contributed by atoms with Crippen molar-refractivity contribution in [3.63, 3.8) is 0 Å². The van der Waals surface area contributed by atoms with E-state index in [1.165, 1.54) is 83.5 Å². The molecule has 0 amide bonds. The Morgan fingerprint density at radius 1 is 0.737 bits per heavy atom. The summed E-state index contributed by atoms with van der Waals surface area (Å²) in [6.07, 6.45) is 19.3. The molecule has 0 radical (unpaired) electrons. The fourth-order valence-electron chi connectivity index (χ4n) is 2.87. The predicted octanol–water partition coefficient (Wildman–Crippen LogP) is 6.10. The quantitative estimate of drug-likeness (QED) is 0.502. The first-order valence-electron chi connectivity index (χ1n) is 8.96. The van der Waals surface area contributed by atoms with Crippen LogP contribution in [0.3, 0.4) is 0 Å². The number of aliphatic hydroxyl groups is 1. The van der Waals surface area contributed by atoms with Gasteiger partial charge in [-0.2, -0.15) is 0 Å². The second kappa shape index (κ2) is 16.0. The standard InChI is InChI=1S/C10H20O.C8H18/c11-9-5-4-8-10-6-2-1-3-7-10;1-3-5-7-8-6-4-2/h10-11H,1-9H2;3-8H2,1-2H3. The summed E-state index contributed by atoms with van der Waals surface area (Å²) in [6.45, 7) is 4.89. The summed E-state index contributed by atoms with van der Waals surface area (Å²) in [5, 5.41) is 8.60. The van der Waals surface area contributed by atoms with Crippen molar-refractivity contribution >= 4 is 0 Å². The first-order chi connectivity index (χ1) is 9.35. The Hall–Kier alpha value is -0.0400. The van der Waals surface area contributed by atoms with Gasteiger partial charge in [0.1, 0.15) is 0 Å². The molecule has 0 aliphatic heterocycles. The zero-order chi connectivity index (χ0) is 14.2. The minimum atomic E-state index is 0.382. The van der Waals surface area contributed by atoms with Gasteiger partial charge in [0, 0.05) is 6.61 Å². The Morgan fingerprint density at radius 3 is 1.79 bits per heavy atom. The summed E-state index contributed by atoms with van der Waals surface area (Å²) < 4.78 is 0. The van der Waals surface area contributed by atoms with Crippen LogP contribution in [0.1, 0.15) is 104 Å². The highest BCUT2D eigenvalue weighted by atomic mass is 16.2. The van der Waals surface area contributed by atoms with E-state index in [4.69, 9.17) is 5.11 Å². The average Bonchev–Trinajstić information content (AvgIpc) is 2.46. The molecule has 0 saturated heterocycles. The minimum Gasteiger partial charge on any atom is -0.396 e. The molecule has 19 heavy (non-hydrogen) atoms. The molecule has 1 nitrogen and oxygen atoms in total. The molecule has 1 rings (SSSR count). The summed E-state index contributed by atoms with van der Waals surface area (Å²) in [5.41, 5.74) is 0. The lowest BCUT2D eigenvalue weighted by Gasteiger charge is -2.20. The van der Waals surface area contributed by atoms with E-state index in [0.717, 1.165) is 12.3 Å². The maximum Gasteiger partial charge on any atom is 0.0431 e. The number of rotatable bonds is 9. The Bertz CT molecular complexity index is 144. The molecule has 1 aliphatic rings. The minimum absolute atomic E-state index is 0.382. The highest BCUT2D eigenvalue weighted by Gasteiger charge is 2.11. The fraction of sp³-hybridized carbons (Fsp3) is 1.00. The van der Waals surface area contributed by atoms with Crippen LogP contribution in [0.2, 0.25) is 0 Å². The van der Waals surface area contributed by atoms with Gasteiger partial charge in [0.25, 0.3) is 0 Å². The van der Waals surface area contributed by atoms with Crippen molar-refractivity contribution in [1.29, 1.82) is 0 Å². The number of aliphatic hydroxyl groups excluding tert-OH is 1. The van der Waals surface area contributed by atoms with Crippen LogP contribution in [0, 0.1) is 5.92 Å². The average molecular weight is 271 g/mol. The largest absolute Gasteiger partial charge is 0.396 e. The van der Waals surface area contributed by atoms with Crippen molar-refractivity contribution in [2.75, 3.05) is 6.61 Å². The molecule has 1 saturated carbocycles. The monoisotopic (exact) mass is 270 g/mol. The van der Waals surface area contributed by atoms with Crippen molar-refractivity contribution in [1.82, 2.24) is 0 Å². The van der Waals surface area contributed by atoms with E-state index >= 15 is 0 Å². The zero-order valence-electron chi connectivity index (χ0n) is 13.6. The van der Waals surface area contributed by atoms with Crippen LogP contribution in [-0.2, 0) is 0 Å². The fourth-order valence-corrected chi connectivity index (χ4v) is 2.87. The third-order valence-electron chi connectivity index (χ3n) is 4.20. The van der Waals surface area contributed by atoms with E-state index in [9.17, 15) is 0 Å². The molecule has 116 valence electrons. The maximum absolute atomic E-state index is 8.60. The SMILES string of the molecule is CCCCCCCC.OCCCCC1CCCCC1. The molecule has 0 unspecified atom stereocenters. The molecule has 0 aromatic carbocycles. The van der Waals surface area contributed by atoms with Crippen LogP contribution in [0.5, 0.6) is 0 Å². The molecular weight excluding hydrogens is 232 g/mol. The molecule has 0 aromatic rings. The highest BCUT2D eigenvalue weighted by Crippen LogP contribution is 2.27. The predicted molar refractivity (Wildman–Crippen MR) is 86.6 cm³/mol. The zero-order valence-corrected chi connectivity index (χ0v) is 13.6. The van der Waals surface area contributed by atoms with E-state index in [0.29, 0.717) is 6.61 Å². The summed E-state index contributed by atoms with van der Waals surface area (Å²) in [5.74, 6) is 0.996. The van der Waals surface area contributed by atoms with Crippen molar-refractivity contribution in [2.24, 2.45) is 5.92 Å². The third kappa shape index (κ3) is 14.2. The molecular formula is C18H38O. The third-order valence-corrected chi connectivity index (χ3v) is 4.20. The van der Waals surface area contributed by atoms with E-state index in [2.05, 4.69) is 13.8 Å². The van der Waals surface area contributed by atoms with Crippen LogP contribution in [0.25, 0.3) is 0 Å². The Morgan fingerprint density at radius 2 is 1.32 bits per heavy atom. The van der Waals surface area contributed by atoms with Crippen molar-refractivity contribution in [3.8, 4) is 0 Å². The van der Waals surface area contributed by atoms with Gasteiger partial charge in [-0.1, -0.05) is 97.3 Å². The first kappa shape index (κ1) is 19.0. The number of hydrogen-bond donors (Lipinski definition) is 1. The normalized spacial score (nSPS) is 15.9. The second-order valence-electron chi connectivity index (χ2n) is 6.14. The summed E-state index contributed by atoms with van der Waals surface area (Å²) in [7, 11) is 0. The van der Waals surface area contributed by atoms with Gasteiger partial charge in [0.2, 0.25) is 0 Å². The van der Waals surface area contributed by atoms with E-state index in [1.807, 2.05) is 0 Å². The van der Waals surface area contributed by atoms with E-state index in [-0.39, 0.29) is 0 Å². The first-order valence-corrected chi connectivity index (χ1v) is 8.96. The summed E-state index contributed by atoms with van der Waals surface area (Å²) in [6, 6.07) is 0. The van der Waals surface area contributed by atoms with Crippen LogP contribution in [0.15, 0.2) is 0 Å². The van der Waals surface area contributed by atoms with Gasteiger partial charge in [-0.15, -0.1) is 0 Å². The van der Waals surface area contributed by atoms with Gasteiger partial charge in [-0.05, 0) is 12.3 Å². The lowest BCUT2D eigenvalue weighted by atomic mass is 9.86. The van der Waals surface area contributed by atoms with Gasteiger partial charge >= 0.3 is 0 Å². The Kier molecular flexibility index (Phi) is 16.0. The molecule has 1 N–H and O–H groups in total. The molecule has 0 atom stereocenters. The Balaban J connectivity index is 0.000000362. The number of hydrogen-bond acceptors (Lipinski definition) is 1. The van der Waals surface area contributed by atoms with Crippen LogP contribution in [0.4, 0.5) is 0 Å². The van der Waals surface area contributed by atoms with Crippen molar-refractivity contribution < 1.29 is 5.11 Å². The molecule has 0 heterocycles. The molecule has 1 fully saturated rings. The highest BCUT2D eigenvalue weighted by molar-refractivity contribution is 4.65. The van der Waals surface area contributed by atoms with Gasteiger partial charge in [0.05, 0.1) is 0 Å². The lowest BCUT2D eigenvalue weighted by molar-refractivity contribution is 0.267. The van der Waals surface area contributed by atoms with Gasteiger partial charge in [0.15, 0.2) is 0 Å². The van der Waals surface area contributed by atoms with Crippen molar-refractivity contribution in [3.05, 3.63) is 0 Å². The number of unbranched alkanes of at least 4 members (excludes halogenated alkanes) is 6. The summed E-state index contributed by atoms with van der Waals surface area (Å²) >= 11 is 0.